The molecule has 1 heterocycles. The molecule has 1 aromatic heterocycles. The van der Waals surface area contributed by atoms with E-state index in [2.05, 4.69) is 10.0 Å². The van der Waals surface area contributed by atoms with Crippen LogP contribution in [0.1, 0.15) is 30.7 Å². The van der Waals surface area contributed by atoms with Crippen molar-refractivity contribution in [3.05, 3.63) is 35.3 Å². The van der Waals surface area contributed by atoms with Gasteiger partial charge in [-0.2, -0.15) is 0 Å². The zero-order chi connectivity index (χ0) is 17.2. The van der Waals surface area contributed by atoms with Gasteiger partial charge < -0.3 is 9.73 Å². The highest BCUT2D eigenvalue weighted by molar-refractivity contribution is 7.88. The van der Waals surface area contributed by atoms with Crippen LogP contribution in [0.3, 0.4) is 0 Å². The van der Waals surface area contributed by atoms with Gasteiger partial charge in [-0.15, -0.1) is 0 Å². The van der Waals surface area contributed by atoms with Gasteiger partial charge in [0.05, 0.1) is 12.3 Å². The fourth-order valence-corrected chi connectivity index (χ4v) is 2.83. The lowest BCUT2D eigenvalue weighted by atomic mass is 10.1. The highest BCUT2D eigenvalue weighted by Gasteiger charge is 2.18. The van der Waals surface area contributed by atoms with Gasteiger partial charge in [0, 0.05) is 23.9 Å². The Bertz CT molecular complexity index is 829. The molecule has 2 aromatic rings. The van der Waals surface area contributed by atoms with Crippen LogP contribution < -0.4 is 10.0 Å². The third-order valence-electron chi connectivity index (χ3n) is 3.42. The van der Waals surface area contributed by atoms with E-state index in [0.717, 1.165) is 11.8 Å². The van der Waals surface area contributed by atoms with Crippen molar-refractivity contribution in [2.45, 2.75) is 26.3 Å². The van der Waals surface area contributed by atoms with E-state index in [1.807, 2.05) is 0 Å². The number of sulfonamides is 1. The van der Waals surface area contributed by atoms with Crippen LogP contribution in [-0.4, -0.2) is 27.1 Å². The quantitative estimate of drug-likeness (QED) is 0.840. The molecule has 0 spiro atoms. The Hall–Kier alpha value is -1.93. The van der Waals surface area contributed by atoms with Crippen molar-refractivity contribution in [1.29, 1.82) is 0 Å². The molecule has 2 N–H and O–H groups in total. The molecule has 23 heavy (non-hydrogen) atoms. The molecular weight excluding hydrogens is 323 g/mol. The van der Waals surface area contributed by atoms with Crippen LogP contribution in [0.4, 0.5) is 4.39 Å². The van der Waals surface area contributed by atoms with E-state index >= 15 is 0 Å². The number of halogens is 1. The minimum absolute atomic E-state index is 0.0192. The first-order valence-electron chi connectivity index (χ1n) is 7.10. The summed E-state index contributed by atoms with van der Waals surface area (Å²) in [7, 11) is -3.31. The molecule has 0 radical (unpaired) electrons. The van der Waals surface area contributed by atoms with Gasteiger partial charge in [-0.1, -0.05) is 0 Å². The summed E-state index contributed by atoms with van der Waals surface area (Å²) in [4.78, 5) is 11.8. The largest absolute Gasteiger partial charge is 0.459 e. The van der Waals surface area contributed by atoms with Crippen molar-refractivity contribution in [3.63, 3.8) is 0 Å². The van der Waals surface area contributed by atoms with Gasteiger partial charge in [0.15, 0.2) is 0 Å². The van der Waals surface area contributed by atoms with Gasteiger partial charge in [0.25, 0.3) is 0 Å². The molecule has 0 saturated heterocycles. The third kappa shape index (κ3) is 4.52. The fourth-order valence-electron chi connectivity index (χ4n) is 2.35. The second-order valence-corrected chi connectivity index (χ2v) is 7.27. The van der Waals surface area contributed by atoms with Gasteiger partial charge in [-0.05, 0) is 32.0 Å². The van der Waals surface area contributed by atoms with Crippen molar-refractivity contribution >= 4 is 26.9 Å². The first-order valence-corrected chi connectivity index (χ1v) is 8.99. The van der Waals surface area contributed by atoms with Crippen LogP contribution in [0.2, 0.25) is 0 Å². The number of amides is 1. The van der Waals surface area contributed by atoms with Crippen LogP contribution >= 0.6 is 0 Å². The minimum atomic E-state index is -3.31. The van der Waals surface area contributed by atoms with Crippen LogP contribution in [-0.2, 0) is 14.8 Å². The van der Waals surface area contributed by atoms with Gasteiger partial charge in [0.1, 0.15) is 17.2 Å². The summed E-state index contributed by atoms with van der Waals surface area (Å²) in [5, 5.41) is 3.40. The van der Waals surface area contributed by atoms with E-state index in [4.69, 9.17) is 4.42 Å². The van der Waals surface area contributed by atoms with Crippen molar-refractivity contribution < 1.29 is 22.0 Å². The maximum absolute atomic E-state index is 13.3. The van der Waals surface area contributed by atoms with Crippen molar-refractivity contribution in [2.75, 3.05) is 12.8 Å². The van der Waals surface area contributed by atoms with Crippen molar-refractivity contribution in [2.24, 2.45) is 0 Å². The summed E-state index contributed by atoms with van der Waals surface area (Å²) in [6.07, 6.45) is 1.05. The van der Waals surface area contributed by atoms with Gasteiger partial charge in [-0.25, -0.2) is 17.5 Å². The average Bonchev–Trinajstić information content (AvgIpc) is 2.74. The molecule has 126 valence electrons. The Kier molecular flexibility index (Phi) is 5.06. The zero-order valence-corrected chi connectivity index (χ0v) is 14.0. The summed E-state index contributed by atoms with van der Waals surface area (Å²) in [5.74, 6) is -0.105. The first kappa shape index (κ1) is 17.4. The second-order valence-electron chi connectivity index (χ2n) is 5.44. The normalized spacial score (nSPS) is 13.2. The Labute approximate surface area is 134 Å². The van der Waals surface area contributed by atoms with E-state index in [0.29, 0.717) is 16.7 Å². The predicted octanol–water partition coefficient (Wildman–Crippen LogP) is 2.00. The third-order valence-corrected chi connectivity index (χ3v) is 4.15. The molecular formula is C15H19FN2O4S. The number of carbonyl (C=O) groups is 1. The van der Waals surface area contributed by atoms with Gasteiger partial charge >= 0.3 is 0 Å². The smallest absolute Gasteiger partial charge is 0.221 e. The van der Waals surface area contributed by atoms with E-state index in [1.165, 1.54) is 12.1 Å². The molecule has 1 aromatic carbocycles. The summed E-state index contributed by atoms with van der Waals surface area (Å²) in [5.41, 5.74) is 1.32. The number of carbonyl (C=O) groups excluding carboxylic acids is 1. The predicted molar refractivity (Wildman–Crippen MR) is 84.9 cm³/mol. The number of fused-ring (bicyclic) bond motifs is 1. The lowest BCUT2D eigenvalue weighted by Crippen LogP contribution is -2.31. The number of rotatable bonds is 6. The van der Waals surface area contributed by atoms with Crippen LogP contribution in [0.25, 0.3) is 11.0 Å². The minimum Gasteiger partial charge on any atom is -0.459 e. The van der Waals surface area contributed by atoms with Gasteiger partial charge in [-0.3, -0.25) is 4.79 Å². The van der Waals surface area contributed by atoms with Crippen LogP contribution in [0, 0.1) is 12.7 Å². The van der Waals surface area contributed by atoms with E-state index < -0.39 is 16.1 Å². The lowest BCUT2D eigenvalue weighted by molar-refractivity contribution is -0.121. The topological polar surface area (TPSA) is 88.4 Å². The number of nitrogens with one attached hydrogen (secondary N) is 2. The average molecular weight is 342 g/mol. The molecule has 0 aliphatic heterocycles. The monoisotopic (exact) mass is 342 g/mol. The Morgan fingerprint density at radius 2 is 2.09 bits per heavy atom. The number of aryl methyl sites for hydroxylation is 1. The van der Waals surface area contributed by atoms with Crippen molar-refractivity contribution in [3.8, 4) is 0 Å². The van der Waals surface area contributed by atoms with Crippen LogP contribution in [0.5, 0.6) is 0 Å². The van der Waals surface area contributed by atoms with Crippen LogP contribution in [0.15, 0.2) is 22.6 Å². The highest BCUT2D eigenvalue weighted by Crippen LogP contribution is 2.29. The molecule has 6 nitrogen and oxygen atoms in total. The van der Waals surface area contributed by atoms with Crippen molar-refractivity contribution in [1.82, 2.24) is 10.0 Å². The highest BCUT2D eigenvalue weighted by atomic mass is 32.2. The number of furan rings is 1. The summed E-state index contributed by atoms with van der Waals surface area (Å²) >= 11 is 0. The molecule has 0 fully saturated rings. The molecule has 0 saturated carbocycles. The summed E-state index contributed by atoms with van der Waals surface area (Å²) in [6.45, 7) is 3.58. The molecule has 8 heteroatoms. The summed E-state index contributed by atoms with van der Waals surface area (Å²) in [6, 6.07) is 3.85. The van der Waals surface area contributed by atoms with E-state index in [1.54, 1.807) is 19.9 Å². The number of hydrogen-bond acceptors (Lipinski definition) is 4. The Morgan fingerprint density at radius 3 is 2.74 bits per heavy atom. The molecule has 0 bridgehead atoms. The SMILES string of the molecule is Cc1c([C@H](C)NC(=O)CCNS(C)(=O)=O)oc2ccc(F)cc12. The van der Waals surface area contributed by atoms with E-state index in [9.17, 15) is 17.6 Å². The molecule has 0 unspecified atom stereocenters. The standard InChI is InChI=1S/C15H19FN2O4S/c1-9-12-8-11(16)4-5-13(12)22-15(9)10(2)18-14(19)6-7-17-23(3,20)21/h4-5,8,10,17H,6-7H2,1-3H3,(H,18,19)/t10-/m0/s1. The molecule has 0 aliphatic carbocycles. The zero-order valence-electron chi connectivity index (χ0n) is 13.1. The van der Waals surface area contributed by atoms with Gasteiger partial charge in [0.2, 0.25) is 15.9 Å². The molecule has 1 amide bonds. The Morgan fingerprint density at radius 1 is 1.39 bits per heavy atom. The Balaban J connectivity index is 2.04. The second kappa shape index (κ2) is 6.67. The number of benzene rings is 1. The maximum atomic E-state index is 13.3. The first-order chi connectivity index (χ1) is 10.7. The molecule has 2 rings (SSSR count). The molecule has 0 aliphatic rings. The van der Waals surface area contributed by atoms with E-state index in [-0.39, 0.29) is 24.7 Å². The number of hydrogen-bond donors (Lipinski definition) is 2. The maximum Gasteiger partial charge on any atom is 0.221 e. The summed E-state index contributed by atoms with van der Waals surface area (Å²) < 4.78 is 43.1. The fraction of sp³-hybridized carbons (Fsp3) is 0.400. The lowest BCUT2D eigenvalue weighted by Gasteiger charge is -2.12. The molecule has 1 atom stereocenters.